The number of carbonyl (C=O) groups is 1. The number of esters is 1. The molecule has 0 aliphatic carbocycles. The highest BCUT2D eigenvalue weighted by Gasteiger charge is 2.20. The van der Waals surface area contributed by atoms with Crippen LogP contribution in [0.5, 0.6) is 0 Å². The first kappa shape index (κ1) is 26.1. The summed E-state index contributed by atoms with van der Waals surface area (Å²) in [5.74, 6) is 0.334. The number of aromatic nitrogens is 2. The number of pyridine rings is 1. The highest BCUT2D eigenvalue weighted by molar-refractivity contribution is 14.0. The molecule has 0 saturated carbocycles. The smallest absolute Gasteiger partial charge is 0.350 e. The normalized spacial score (nSPS) is 12.1. The second-order valence-electron chi connectivity index (χ2n) is 6.49. The predicted octanol–water partition coefficient (Wildman–Crippen LogP) is 3.11. The summed E-state index contributed by atoms with van der Waals surface area (Å²) in [4.78, 5) is 32.9. The van der Waals surface area contributed by atoms with Gasteiger partial charge in [-0.05, 0) is 39.7 Å². The number of rotatable bonds is 9. The van der Waals surface area contributed by atoms with Crippen LogP contribution in [-0.2, 0) is 11.3 Å². The van der Waals surface area contributed by atoms with E-state index in [9.17, 15) is 9.59 Å². The number of aliphatic imine (C=N–C) groups is 1. The van der Waals surface area contributed by atoms with Gasteiger partial charge in [-0.3, -0.25) is 9.79 Å². The molecular formula is C20H30IN5O3S. The van der Waals surface area contributed by atoms with Crippen molar-refractivity contribution in [3.63, 3.8) is 0 Å². The van der Waals surface area contributed by atoms with Gasteiger partial charge in [0.2, 0.25) is 5.56 Å². The van der Waals surface area contributed by atoms with Gasteiger partial charge in [-0.15, -0.1) is 35.3 Å². The molecular weight excluding hydrogens is 517 g/mol. The van der Waals surface area contributed by atoms with Crippen LogP contribution in [0, 0.1) is 6.92 Å². The van der Waals surface area contributed by atoms with Gasteiger partial charge in [-0.25, -0.2) is 9.78 Å². The van der Waals surface area contributed by atoms with Gasteiger partial charge in [-0.1, -0.05) is 6.07 Å². The molecule has 2 N–H and O–H groups in total. The molecule has 0 aromatic carbocycles. The molecule has 2 aromatic rings. The molecule has 2 rings (SSSR count). The monoisotopic (exact) mass is 547 g/mol. The summed E-state index contributed by atoms with van der Waals surface area (Å²) in [5, 5.41) is 7.37. The molecule has 2 aromatic heterocycles. The fourth-order valence-corrected chi connectivity index (χ4v) is 3.67. The van der Waals surface area contributed by atoms with Crippen LogP contribution in [0.1, 0.15) is 53.1 Å². The number of hydrogen-bond acceptors (Lipinski definition) is 6. The van der Waals surface area contributed by atoms with Crippen molar-refractivity contribution in [3.8, 4) is 0 Å². The lowest BCUT2D eigenvalue weighted by Crippen LogP contribution is -2.39. The van der Waals surface area contributed by atoms with Crippen molar-refractivity contribution in [2.45, 2.75) is 46.2 Å². The predicted molar refractivity (Wildman–Crippen MR) is 131 cm³/mol. The van der Waals surface area contributed by atoms with Crippen molar-refractivity contribution in [2.75, 3.05) is 20.2 Å². The lowest BCUT2D eigenvalue weighted by molar-refractivity contribution is 0.0531. The minimum atomic E-state index is -0.332. The Labute approximate surface area is 198 Å². The van der Waals surface area contributed by atoms with Crippen molar-refractivity contribution >= 4 is 47.2 Å². The molecule has 0 radical (unpaired) electrons. The molecule has 0 aliphatic heterocycles. The Bertz CT molecular complexity index is 897. The number of unbranched alkanes of at least 4 members (excludes halogenated alkanes) is 1. The molecule has 0 fully saturated rings. The van der Waals surface area contributed by atoms with E-state index in [-0.39, 0.29) is 41.5 Å². The Morgan fingerprint density at radius 3 is 2.80 bits per heavy atom. The number of carbonyl (C=O) groups excluding carboxylic acids is 1. The standard InChI is InChI=1S/C20H29N5O3S.HI/c1-5-28-19(27)17-14(2)23-18(29-17)15(3)24-20(21-4)22-11-7-9-13-25-12-8-6-10-16(25)26;/h6,8,10,12,15H,5,7,9,11,13H2,1-4H3,(H2,21,22,24);1H. The first-order valence-electron chi connectivity index (χ1n) is 9.73. The molecule has 10 heteroatoms. The summed E-state index contributed by atoms with van der Waals surface area (Å²) in [6.07, 6.45) is 3.59. The topological polar surface area (TPSA) is 97.6 Å². The molecule has 0 bridgehead atoms. The second-order valence-corrected chi connectivity index (χ2v) is 7.52. The summed E-state index contributed by atoms with van der Waals surface area (Å²) >= 11 is 1.34. The van der Waals surface area contributed by atoms with Crippen LogP contribution < -0.4 is 16.2 Å². The lowest BCUT2D eigenvalue weighted by atomic mass is 10.3. The number of nitrogens with one attached hydrogen (secondary N) is 2. The van der Waals surface area contributed by atoms with E-state index in [0.29, 0.717) is 29.7 Å². The number of hydrogen-bond donors (Lipinski definition) is 2. The van der Waals surface area contributed by atoms with Crippen LogP contribution in [-0.4, -0.2) is 41.7 Å². The fourth-order valence-electron chi connectivity index (χ4n) is 2.71. The minimum absolute atomic E-state index is 0. The minimum Gasteiger partial charge on any atom is -0.462 e. The third-order valence-electron chi connectivity index (χ3n) is 4.24. The Morgan fingerprint density at radius 2 is 2.13 bits per heavy atom. The van der Waals surface area contributed by atoms with E-state index in [1.807, 2.05) is 19.9 Å². The zero-order valence-corrected chi connectivity index (χ0v) is 21.0. The maximum absolute atomic E-state index is 12.0. The Morgan fingerprint density at radius 1 is 1.37 bits per heavy atom. The van der Waals surface area contributed by atoms with Gasteiger partial charge in [0, 0.05) is 32.4 Å². The van der Waals surface area contributed by atoms with Gasteiger partial charge in [0.15, 0.2) is 5.96 Å². The molecule has 2 heterocycles. The van der Waals surface area contributed by atoms with Crippen molar-refractivity contribution in [3.05, 3.63) is 50.3 Å². The molecule has 1 unspecified atom stereocenters. The number of aryl methyl sites for hydroxylation is 2. The molecule has 0 spiro atoms. The van der Waals surface area contributed by atoms with E-state index in [1.165, 1.54) is 11.3 Å². The van der Waals surface area contributed by atoms with E-state index in [1.54, 1.807) is 36.9 Å². The fraction of sp³-hybridized carbons (Fsp3) is 0.500. The maximum Gasteiger partial charge on any atom is 0.350 e. The molecule has 1 atom stereocenters. The van der Waals surface area contributed by atoms with Crippen LogP contribution >= 0.6 is 35.3 Å². The molecule has 30 heavy (non-hydrogen) atoms. The van der Waals surface area contributed by atoms with Crippen molar-refractivity contribution in [2.24, 2.45) is 4.99 Å². The summed E-state index contributed by atoms with van der Waals surface area (Å²) in [6.45, 7) is 7.34. The van der Waals surface area contributed by atoms with E-state index in [4.69, 9.17) is 4.74 Å². The SMILES string of the molecule is CCOC(=O)c1sc(C(C)NC(=NC)NCCCCn2ccccc2=O)nc1C.I. The largest absolute Gasteiger partial charge is 0.462 e. The maximum atomic E-state index is 12.0. The van der Waals surface area contributed by atoms with E-state index in [2.05, 4.69) is 20.6 Å². The van der Waals surface area contributed by atoms with Crippen molar-refractivity contribution in [1.82, 2.24) is 20.2 Å². The van der Waals surface area contributed by atoms with Gasteiger partial charge in [-0.2, -0.15) is 0 Å². The quantitative estimate of drug-likeness (QED) is 0.165. The summed E-state index contributed by atoms with van der Waals surface area (Å²) in [5.41, 5.74) is 0.698. The zero-order valence-electron chi connectivity index (χ0n) is 17.8. The number of ether oxygens (including phenoxy) is 1. The van der Waals surface area contributed by atoms with E-state index in [0.717, 1.165) is 24.4 Å². The third-order valence-corrected chi connectivity index (χ3v) is 5.56. The highest BCUT2D eigenvalue weighted by atomic mass is 127. The molecule has 0 saturated heterocycles. The number of halogens is 1. The van der Waals surface area contributed by atoms with Crippen LogP contribution in [0.25, 0.3) is 0 Å². The average molecular weight is 547 g/mol. The van der Waals surface area contributed by atoms with E-state index < -0.39 is 0 Å². The van der Waals surface area contributed by atoms with Gasteiger partial charge < -0.3 is 19.9 Å². The van der Waals surface area contributed by atoms with E-state index >= 15 is 0 Å². The molecule has 166 valence electrons. The zero-order chi connectivity index (χ0) is 21.2. The number of thiazole rings is 1. The van der Waals surface area contributed by atoms with Crippen LogP contribution in [0.4, 0.5) is 0 Å². The van der Waals surface area contributed by atoms with Crippen molar-refractivity contribution < 1.29 is 9.53 Å². The van der Waals surface area contributed by atoms with Crippen LogP contribution in [0.2, 0.25) is 0 Å². The van der Waals surface area contributed by atoms with Crippen LogP contribution in [0.15, 0.2) is 34.2 Å². The number of nitrogens with zero attached hydrogens (tertiary/aromatic N) is 3. The van der Waals surface area contributed by atoms with Crippen LogP contribution in [0.3, 0.4) is 0 Å². The summed E-state index contributed by atoms with van der Waals surface area (Å²) in [7, 11) is 1.71. The highest BCUT2D eigenvalue weighted by Crippen LogP contribution is 2.24. The molecule has 0 aliphatic rings. The summed E-state index contributed by atoms with van der Waals surface area (Å²) in [6, 6.07) is 5.08. The van der Waals surface area contributed by atoms with Gasteiger partial charge >= 0.3 is 5.97 Å². The Kier molecular flexibility index (Phi) is 11.6. The average Bonchev–Trinajstić information content (AvgIpc) is 3.10. The van der Waals surface area contributed by atoms with Gasteiger partial charge in [0.05, 0.1) is 18.3 Å². The Balaban J connectivity index is 0.00000450. The first-order valence-corrected chi connectivity index (χ1v) is 10.5. The lowest BCUT2D eigenvalue weighted by Gasteiger charge is -2.16. The first-order chi connectivity index (χ1) is 14.0. The second kappa shape index (κ2) is 13.4. The number of guanidine groups is 1. The van der Waals surface area contributed by atoms with Crippen molar-refractivity contribution in [1.29, 1.82) is 0 Å². The van der Waals surface area contributed by atoms with Gasteiger partial charge in [0.1, 0.15) is 9.88 Å². The summed E-state index contributed by atoms with van der Waals surface area (Å²) < 4.78 is 6.78. The van der Waals surface area contributed by atoms with Gasteiger partial charge in [0.25, 0.3) is 0 Å². The molecule has 0 amide bonds. The Hall–Kier alpha value is -1.95. The molecule has 8 nitrogen and oxygen atoms in total. The third kappa shape index (κ3) is 7.71.